The first-order valence-corrected chi connectivity index (χ1v) is 9.10. The van der Waals surface area contributed by atoms with Crippen LogP contribution in [0.5, 0.6) is 0 Å². The monoisotopic (exact) mass is 337 g/mol. The van der Waals surface area contributed by atoms with Crippen LogP contribution in [0.25, 0.3) is 0 Å². The number of nitrogens with zero attached hydrogens (tertiary/aromatic N) is 1. The van der Waals surface area contributed by atoms with Gasteiger partial charge in [0, 0.05) is 37.5 Å². The fourth-order valence-corrected chi connectivity index (χ4v) is 3.78. The molecule has 0 radical (unpaired) electrons. The smallest absolute Gasteiger partial charge is 0.242 e. The SMILES string of the molecule is CC(=O)N[C@H](C(=O)NC[C@@H](C)N1CCc2sccc2C1)C(C)C. The molecular formula is C17H27N3O2S. The van der Waals surface area contributed by atoms with Crippen LogP contribution in [0.3, 0.4) is 0 Å². The lowest BCUT2D eigenvalue weighted by Gasteiger charge is -2.33. The second-order valence-electron chi connectivity index (χ2n) is 6.61. The molecule has 1 aliphatic heterocycles. The molecule has 6 heteroatoms. The Morgan fingerprint density at radius 3 is 2.74 bits per heavy atom. The minimum absolute atomic E-state index is 0.0672. The molecule has 128 valence electrons. The van der Waals surface area contributed by atoms with E-state index in [9.17, 15) is 9.59 Å². The van der Waals surface area contributed by atoms with Crippen LogP contribution in [0.1, 0.15) is 38.1 Å². The number of hydrogen-bond acceptors (Lipinski definition) is 4. The normalized spacial score (nSPS) is 17.4. The Labute approximate surface area is 142 Å². The van der Waals surface area contributed by atoms with Gasteiger partial charge in [-0.2, -0.15) is 0 Å². The second kappa shape index (κ2) is 7.93. The van der Waals surface area contributed by atoms with Crippen LogP contribution in [-0.4, -0.2) is 41.9 Å². The van der Waals surface area contributed by atoms with Crippen molar-refractivity contribution in [1.82, 2.24) is 15.5 Å². The number of nitrogens with one attached hydrogen (secondary N) is 2. The van der Waals surface area contributed by atoms with E-state index in [0.29, 0.717) is 6.54 Å². The third kappa shape index (κ3) is 4.78. The molecule has 0 fully saturated rings. The standard InChI is InChI=1S/C17H27N3O2S/c1-11(2)16(19-13(4)21)17(22)18-9-12(3)20-7-5-15-14(10-20)6-8-23-15/h6,8,11-12,16H,5,7,9-10H2,1-4H3,(H,18,22)(H,19,21)/t12-,16+/m1/s1. The first-order valence-electron chi connectivity index (χ1n) is 8.22. The molecule has 0 saturated heterocycles. The quantitative estimate of drug-likeness (QED) is 0.832. The molecule has 1 aromatic heterocycles. The van der Waals surface area contributed by atoms with Gasteiger partial charge in [-0.05, 0) is 36.3 Å². The third-order valence-corrected chi connectivity index (χ3v) is 5.36. The van der Waals surface area contributed by atoms with Crippen molar-refractivity contribution in [2.24, 2.45) is 5.92 Å². The van der Waals surface area contributed by atoms with Gasteiger partial charge < -0.3 is 10.6 Å². The van der Waals surface area contributed by atoms with Crippen LogP contribution in [0.2, 0.25) is 0 Å². The maximum atomic E-state index is 12.3. The summed E-state index contributed by atoms with van der Waals surface area (Å²) in [5.41, 5.74) is 1.41. The van der Waals surface area contributed by atoms with E-state index in [-0.39, 0.29) is 23.8 Å². The van der Waals surface area contributed by atoms with E-state index in [1.165, 1.54) is 17.4 Å². The van der Waals surface area contributed by atoms with Crippen molar-refractivity contribution in [2.75, 3.05) is 13.1 Å². The zero-order valence-electron chi connectivity index (χ0n) is 14.4. The van der Waals surface area contributed by atoms with Gasteiger partial charge in [-0.3, -0.25) is 14.5 Å². The number of hydrogen-bond donors (Lipinski definition) is 2. The molecule has 2 amide bonds. The molecule has 0 bridgehead atoms. The highest BCUT2D eigenvalue weighted by Crippen LogP contribution is 2.24. The van der Waals surface area contributed by atoms with E-state index in [0.717, 1.165) is 19.5 Å². The van der Waals surface area contributed by atoms with Gasteiger partial charge in [0.05, 0.1) is 0 Å². The van der Waals surface area contributed by atoms with Gasteiger partial charge in [-0.1, -0.05) is 13.8 Å². The maximum Gasteiger partial charge on any atom is 0.242 e. The van der Waals surface area contributed by atoms with Gasteiger partial charge in [0.2, 0.25) is 11.8 Å². The number of carbonyl (C=O) groups is 2. The highest BCUT2D eigenvalue weighted by molar-refractivity contribution is 7.10. The lowest BCUT2D eigenvalue weighted by Crippen LogP contribution is -2.52. The molecule has 0 unspecified atom stereocenters. The number of fused-ring (bicyclic) bond motifs is 1. The summed E-state index contributed by atoms with van der Waals surface area (Å²) in [4.78, 5) is 27.5. The number of thiophene rings is 1. The van der Waals surface area contributed by atoms with Crippen molar-refractivity contribution in [2.45, 2.75) is 52.7 Å². The summed E-state index contributed by atoms with van der Waals surface area (Å²) in [7, 11) is 0. The van der Waals surface area contributed by atoms with Crippen LogP contribution < -0.4 is 10.6 Å². The van der Waals surface area contributed by atoms with E-state index >= 15 is 0 Å². The van der Waals surface area contributed by atoms with Gasteiger partial charge in [0.15, 0.2) is 0 Å². The summed E-state index contributed by atoms with van der Waals surface area (Å²) in [6.45, 7) is 10.0. The van der Waals surface area contributed by atoms with E-state index in [1.807, 2.05) is 25.2 Å². The van der Waals surface area contributed by atoms with Gasteiger partial charge in [0.25, 0.3) is 0 Å². The van der Waals surface area contributed by atoms with E-state index in [4.69, 9.17) is 0 Å². The van der Waals surface area contributed by atoms with Gasteiger partial charge in [0.1, 0.15) is 6.04 Å². The minimum atomic E-state index is -0.468. The predicted molar refractivity (Wildman–Crippen MR) is 93.3 cm³/mol. The average molecular weight is 337 g/mol. The fourth-order valence-electron chi connectivity index (χ4n) is 2.89. The Hall–Kier alpha value is -1.40. The first kappa shape index (κ1) is 17.9. The fraction of sp³-hybridized carbons (Fsp3) is 0.647. The van der Waals surface area contributed by atoms with E-state index < -0.39 is 6.04 Å². The van der Waals surface area contributed by atoms with Crippen LogP contribution in [0.15, 0.2) is 11.4 Å². The molecular weight excluding hydrogens is 310 g/mol. The second-order valence-corrected chi connectivity index (χ2v) is 7.61. The minimum Gasteiger partial charge on any atom is -0.353 e. The Bertz CT molecular complexity index is 556. The van der Waals surface area contributed by atoms with Crippen molar-refractivity contribution in [3.05, 3.63) is 21.9 Å². The lowest BCUT2D eigenvalue weighted by molar-refractivity contribution is -0.129. The lowest BCUT2D eigenvalue weighted by atomic mass is 10.0. The van der Waals surface area contributed by atoms with Crippen molar-refractivity contribution in [1.29, 1.82) is 0 Å². The van der Waals surface area contributed by atoms with E-state index in [1.54, 1.807) is 0 Å². The van der Waals surface area contributed by atoms with Crippen molar-refractivity contribution < 1.29 is 9.59 Å². The molecule has 0 spiro atoms. The van der Waals surface area contributed by atoms with Gasteiger partial charge in [-0.25, -0.2) is 0 Å². The van der Waals surface area contributed by atoms with E-state index in [2.05, 4.69) is 33.9 Å². The molecule has 1 aromatic rings. The summed E-state index contributed by atoms with van der Waals surface area (Å²) in [5, 5.41) is 7.87. The summed E-state index contributed by atoms with van der Waals surface area (Å²) in [5.74, 6) is -0.208. The molecule has 5 nitrogen and oxygen atoms in total. The van der Waals surface area contributed by atoms with Crippen LogP contribution in [-0.2, 0) is 22.6 Å². The van der Waals surface area contributed by atoms with Gasteiger partial charge >= 0.3 is 0 Å². The zero-order chi connectivity index (χ0) is 17.0. The van der Waals surface area contributed by atoms with Crippen LogP contribution in [0.4, 0.5) is 0 Å². The third-order valence-electron chi connectivity index (χ3n) is 4.34. The highest BCUT2D eigenvalue weighted by atomic mass is 32.1. The van der Waals surface area contributed by atoms with Crippen molar-refractivity contribution >= 4 is 23.2 Å². The molecule has 0 saturated carbocycles. The van der Waals surface area contributed by atoms with Crippen molar-refractivity contribution in [3.8, 4) is 0 Å². The Morgan fingerprint density at radius 2 is 2.09 bits per heavy atom. The zero-order valence-corrected chi connectivity index (χ0v) is 15.2. The topological polar surface area (TPSA) is 61.4 Å². The Balaban J connectivity index is 1.85. The number of amides is 2. The Morgan fingerprint density at radius 1 is 1.35 bits per heavy atom. The Kier molecular flexibility index (Phi) is 6.18. The number of carbonyl (C=O) groups excluding carboxylic acids is 2. The molecule has 2 heterocycles. The summed E-state index contributed by atoms with van der Waals surface area (Å²) < 4.78 is 0. The first-order chi connectivity index (χ1) is 10.9. The molecule has 23 heavy (non-hydrogen) atoms. The average Bonchev–Trinajstić information content (AvgIpc) is 2.96. The molecule has 2 rings (SSSR count). The summed E-state index contributed by atoms with van der Waals surface area (Å²) >= 11 is 1.83. The molecule has 0 aromatic carbocycles. The largest absolute Gasteiger partial charge is 0.353 e. The molecule has 2 N–H and O–H groups in total. The van der Waals surface area contributed by atoms with Crippen LogP contribution >= 0.6 is 11.3 Å². The highest BCUT2D eigenvalue weighted by Gasteiger charge is 2.25. The summed E-state index contributed by atoms with van der Waals surface area (Å²) in [6, 6.07) is 2.00. The molecule has 0 aliphatic carbocycles. The van der Waals surface area contributed by atoms with Crippen molar-refractivity contribution in [3.63, 3.8) is 0 Å². The number of rotatable bonds is 6. The van der Waals surface area contributed by atoms with Crippen LogP contribution in [0, 0.1) is 5.92 Å². The molecule has 1 aliphatic rings. The molecule has 2 atom stereocenters. The predicted octanol–water partition coefficient (Wildman–Crippen LogP) is 1.77. The maximum absolute atomic E-state index is 12.3. The van der Waals surface area contributed by atoms with Gasteiger partial charge in [-0.15, -0.1) is 11.3 Å². The summed E-state index contributed by atoms with van der Waals surface area (Å²) in [6.07, 6.45) is 1.09.